The van der Waals surface area contributed by atoms with E-state index in [0.717, 1.165) is 31.0 Å². The Morgan fingerprint density at radius 2 is 2.05 bits per heavy atom. The van der Waals surface area contributed by atoms with Crippen LogP contribution < -0.4 is 9.47 Å². The first-order valence-electron chi connectivity index (χ1n) is 7.36. The van der Waals surface area contributed by atoms with Crippen molar-refractivity contribution in [1.29, 1.82) is 0 Å². The Bertz CT molecular complexity index is 643. The molecular formula is C17H20ClNO2S. The minimum absolute atomic E-state index is 0.244. The van der Waals surface area contributed by atoms with Crippen LogP contribution in [0.2, 0.25) is 0 Å². The number of hydrogen-bond donors (Lipinski definition) is 0. The maximum Gasteiger partial charge on any atom is 0.161 e. The van der Waals surface area contributed by atoms with Crippen LogP contribution in [0.4, 0.5) is 0 Å². The van der Waals surface area contributed by atoms with E-state index in [2.05, 4.69) is 28.5 Å². The summed E-state index contributed by atoms with van der Waals surface area (Å²) in [6.07, 6.45) is 1.10. The second-order valence-electron chi connectivity index (χ2n) is 5.29. The van der Waals surface area contributed by atoms with Crippen LogP contribution in [0.5, 0.6) is 11.5 Å². The van der Waals surface area contributed by atoms with Crippen molar-refractivity contribution in [2.75, 3.05) is 33.2 Å². The van der Waals surface area contributed by atoms with E-state index in [1.807, 2.05) is 17.4 Å². The molecule has 1 aromatic heterocycles. The van der Waals surface area contributed by atoms with E-state index in [4.69, 9.17) is 21.1 Å². The van der Waals surface area contributed by atoms with Crippen molar-refractivity contribution < 1.29 is 9.47 Å². The minimum atomic E-state index is 0.244. The Morgan fingerprint density at radius 3 is 2.77 bits per heavy atom. The molecule has 5 heteroatoms. The van der Waals surface area contributed by atoms with Crippen molar-refractivity contribution in [3.8, 4) is 11.5 Å². The molecule has 2 aromatic rings. The summed E-state index contributed by atoms with van der Waals surface area (Å²) in [4.78, 5) is 3.93. The lowest BCUT2D eigenvalue weighted by Crippen LogP contribution is -2.36. The number of halogens is 1. The molecule has 1 aliphatic heterocycles. The highest BCUT2D eigenvalue weighted by atomic mass is 35.5. The molecule has 22 heavy (non-hydrogen) atoms. The fraction of sp³-hybridized carbons (Fsp3) is 0.412. The average molecular weight is 338 g/mol. The Labute approximate surface area is 140 Å². The standard InChI is InChI=1S/C17H20ClNO2S/c1-20-14-4-3-12(11-15(14)21-2)17-13-6-10-22-16(13)5-8-19(17)9-7-18/h3-4,6,10-11,17H,5,7-9H2,1-2H3. The van der Waals surface area contributed by atoms with Crippen LogP contribution in [0.3, 0.4) is 0 Å². The maximum absolute atomic E-state index is 6.01. The third kappa shape index (κ3) is 2.83. The SMILES string of the molecule is COc1ccc(C2c3ccsc3CCN2CCCl)cc1OC. The van der Waals surface area contributed by atoms with E-state index in [1.165, 1.54) is 16.0 Å². The van der Waals surface area contributed by atoms with Crippen molar-refractivity contribution in [2.24, 2.45) is 0 Å². The van der Waals surface area contributed by atoms with Crippen molar-refractivity contribution in [2.45, 2.75) is 12.5 Å². The van der Waals surface area contributed by atoms with Gasteiger partial charge in [-0.2, -0.15) is 0 Å². The smallest absolute Gasteiger partial charge is 0.161 e. The monoisotopic (exact) mass is 337 g/mol. The number of fused-ring (bicyclic) bond motifs is 1. The number of thiophene rings is 1. The molecular weight excluding hydrogens is 318 g/mol. The van der Waals surface area contributed by atoms with Crippen molar-refractivity contribution >= 4 is 22.9 Å². The van der Waals surface area contributed by atoms with Gasteiger partial charge >= 0.3 is 0 Å². The van der Waals surface area contributed by atoms with Crippen LogP contribution in [-0.2, 0) is 6.42 Å². The quantitative estimate of drug-likeness (QED) is 0.771. The zero-order valence-electron chi connectivity index (χ0n) is 12.8. The summed E-state index contributed by atoms with van der Waals surface area (Å²) in [6.45, 7) is 1.93. The molecule has 0 fully saturated rings. The second kappa shape index (κ2) is 6.90. The highest BCUT2D eigenvalue weighted by Crippen LogP contribution is 2.40. The molecule has 1 atom stereocenters. The Hall–Kier alpha value is -1.23. The summed E-state index contributed by atoms with van der Waals surface area (Å²) in [5, 5.41) is 2.18. The van der Waals surface area contributed by atoms with Gasteiger partial charge in [-0.1, -0.05) is 6.07 Å². The fourth-order valence-corrected chi connectivity index (χ4v) is 4.25. The molecule has 0 bridgehead atoms. The number of rotatable bonds is 5. The number of nitrogens with zero attached hydrogens (tertiary/aromatic N) is 1. The summed E-state index contributed by atoms with van der Waals surface area (Å²) in [5.74, 6) is 2.17. The van der Waals surface area contributed by atoms with Crippen LogP contribution in [0.15, 0.2) is 29.6 Å². The van der Waals surface area contributed by atoms with E-state index in [1.54, 1.807) is 14.2 Å². The summed E-state index contributed by atoms with van der Waals surface area (Å²) in [6, 6.07) is 8.67. The molecule has 0 amide bonds. The zero-order chi connectivity index (χ0) is 15.5. The van der Waals surface area contributed by atoms with E-state index < -0.39 is 0 Å². The van der Waals surface area contributed by atoms with Gasteiger partial charge in [0.2, 0.25) is 0 Å². The molecule has 0 radical (unpaired) electrons. The van der Waals surface area contributed by atoms with Crippen LogP contribution >= 0.6 is 22.9 Å². The minimum Gasteiger partial charge on any atom is -0.493 e. The van der Waals surface area contributed by atoms with Gasteiger partial charge in [-0.05, 0) is 41.1 Å². The molecule has 1 aromatic carbocycles. The molecule has 0 spiro atoms. The highest BCUT2D eigenvalue weighted by Gasteiger charge is 2.29. The van der Waals surface area contributed by atoms with Crippen LogP contribution in [0, 0.1) is 0 Å². The van der Waals surface area contributed by atoms with Gasteiger partial charge < -0.3 is 9.47 Å². The van der Waals surface area contributed by atoms with Gasteiger partial charge in [0.15, 0.2) is 11.5 Å². The Balaban J connectivity index is 2.03. The summed E-state index contributed by atoms with van der Waals surface area (Å²) in [7, 11) is 3.34. The zero-order valence-corrected chi connectivity index (χ0v) is 14.4. The molecule has 0 saturated carbocycles. The third-order valence-corrected chi connectivity index (χ3v) is 5.33. The lowest BCUT2D eigenvalue weighted by molar-refractivity contribution is 0.228. The van der Waals surface area contributed by atoms with Gasteiger partial charge in [0.25, 0.3) is 0 Å². The van der Waals surface area contributed by atoms with Crippen LogP contribution in [-0.4, -0.2) is 38.1 Å². The van der Waals surface area contributed by atoms with Crippen LogP contribution in [0.25, 0.3) is 0 Å². The van der Waals surface area contributed by atoms with Crippen molar-refractivity contribution in [3.05, 3.63) is 45.6 Å². The van der Waals surface area contributed by atoms with Gasteiger partial charge in [-0.15, -0.1) is 22.9 Å². The van der Waals surface area contributed by atoms with Gasteiger partial charge in [-0.25, -0.2) is 0 Å². The predicted octanol–water partition coefficient (Wildman–Crippen LogP) is 3.95. The summed E-state index contributed by atoms with van der Waals surface area (Å²) >= 11 is 7.86. The number of ether oxygens (including phenoxy) is 2. The van der Waals surface area contributed by atoms with Crippen LogP contribution in [0.1, 0.15) is 22.0 Å². The number of alkyl halides is 1. The molecule has 1 aliphatic rings. The van der Waals surface area contributed by atoms with Crippen molar-refractivity contribution in [1.82, 2.24) is 4.90 Å². The van der Waals surface area contributed by atoms with Gasteiger partial charge in [0.05, 0.1) is 20.3 Å². The molecule has 118 valence electrons. The lowest BCUT2D eigenvalue weighted by atomic mass is 9.93. The molecule has 1 unspecified atom stereocenters. The third-order valence-electron chi connectivity index (χ3n) is 4.16. The first kappa shape index (κ1) is 15.7. The topological polar surface area (TPSA) is 21.7 Å². The second-order valence-corrected chi connectivity index (χ2v) is 6.67. The van der Waals surface area contributed by atoms with E-state index >= 15 is 0 Å². The Kier molecular flexibility index (Phi) is 4.91. The number of hydrogen-bond acceptors (Lipinski definition) is 4. The van der Waals surface area contributed by atoms with E-state index in [0.29, 0.717) is 5.88 Å². The maximum atomic E-state index is 6.01. The van der Waals surface area contributed by atoms with Gasteiger partial charge in [-0.3, -0.25) is 4.90 Å². The first-order valence-corrected chi connectivity index (χ1v) is 8.78. The largest absolute Gasteiger partial charge is 0.493 e. The molecule has 2 heterocycles. The Morgan fingerprint density at radius 1 is 1.23 bits per heavy atom. The van der Waals surface area contributed by atoms with E-state index in [9.17, 15) is 0 Å². The molecule has 3 nitrogen and oxygen atoms in total. The number of methoxy groups -OCH3 is 2. The van der Waals surface area contributed by atoms with E-state index in [-0.39, 0.29) is 6.04 Å². The predicted molar refractivity (Wildman–Crippen MR) is 91.7 cm³/mol. The fourth-order valence-electron chi connectivity index (χ4n) is 3.13. The molecule has 0 saturated heterocycles. The first-order chi connectivity index (χ1) is 10.8. The van der Waals surface area contributed by atoms with Gasteiger partial charge in [0.1, 0.15) is 0 Å². The van der Waals surface area contributed by atoms with Gasteiger partial charge in [0, 0.05) is 23.8 Å². The average Bonchev–Trinajstić information content (AvgIpc) is 3.03. The summed E-state index contributed by atoms with van der Waals surface area (Å²) < 4.78 is 10.8. The summed E-state index contributed by atoms with van der Waals surface area (Å²) in [5.41, 5.74) is 2.62. The molecule has 3 rings (SSSR count). The van der Waals surface area contributed by atoms with Crippen molar-refractivity contribution in [3.63, 3.8) is 0 Å². The normalized spacial score (nSPS) is 18.0. The lowest BCUT2D eigenvalue weighted by Gasteiger charge is -2.36. The highest BCUT2D eigenvalue weighted by molar-refractivity contribution is 7.10. The molecule has 0 N–H and O–H groups in total. The number of benzene rings is 1. The molecule has 0 aliphatic carbocycles.